The van der Waals surface area contributed by atoms with Gasteiger partial charge in [0, 0.05) is 0 Å². The maximum Gasteiger partial charge on any atom is 0.207 e. The summed E-state index contributed by atoms with van der Waals surface area (Å²) in [6.07, 6.45) is 0.740. The van der Waals surface area contributed by atoms with Crippen LogP contribution < -0.4 is 14.8 Å². The van der Waals surface area contributed by atoms with Crippen LogP contribution in [0.5, 0.6) is 11.5 Å². The summed E-state index contributed by atoms with van der Waals surface area (Å²) in [4.78, 5) is 11.0. The second kappa shape index (κ2) is 6.10. The van der Waals surface area contributed by atoms with Gasteiger partial charge in [0.2, 0.25) is 6.41 Å². The van der Waals surface area contributed by atoms with Crippen LogP contribution in [0.3, 0.4) is 0 Å². The number of carbonyl (C=O) groups excluding carboxylic acids is 1. The van der Waals surface area contributed by atoms with Crippen molar-refractivity contribution in [2.45, 2.75) is 19.9 Å². The highest BCUT2D eigenvalue weighted by atomic mass is 16.5. The van der Waals surface area contributed by atoms with Crippen molar-refractivity contribution in [3.63, 3.8) is 0 Å². The second-order valence-corrected chi connectivity index (χ2v) is 5.08. The molecule has 0 fully saturated rings. The minimum atomic E-state index is -0.164. The highest BCUT2D eigenvalue weighted by Crippen LogP contribution is 2.45. The van der Waals surface area contributed by atoms with Gasteiger partial charge in [-0.25, -0.2) is 0 Å². The average molecular weight is 297 g/mol. The Morgan fingerprint density at radius 1 is 0.955 bits per heavy atom. The summed E-state index contributed by atoms with van der Waals surface area (Å²) < 4.78 is 11.2. The average Bonchev–Trinajstić information content (AvgIpc) is 2.82. The van der Waals surface area contributed by atoms with Crippen molar-refractivity contribution in [2.75, 3.05) is 13.2 Å². The fourth-order valence-electron chi connectivity index (χ4n) is 2.98. The molecule has 4 nitrogen and oxygen atoms in total. The SMILES string of the molecule is CCOc1ccc2c(c1)C(NC=O)c1cc(OCC)ccc1-2. The van der Waals surface area contributed by atoms with Crippen molar-refractivity contribution in [3.8, 4) is 22.6 Å². The molecular formula is C18H19NO3. The lowest BCUT2D eigenvalue weighted by molar-refractivity contribution is -0.109. The second-order valence-electron chi connectivity index (χ2n) is 5.08. The van der Waals surface area contributed by atoms with E-state index in [9.17, 15) is 4.79 Å². The van der Waals surface area contributed by atoms with Gasteiger partial charge in [0.1, 0.15) is 11.5 Å². The van der Waals surface area contributed by atoms with Gasteiger partial charge in [0.25, 0.3) is 0 Å². The number of amides is 1. The van der Waals surface area contributed by atoms with Crippen LogP contribution in [0, 0.1) is 0 Å². The number of nitrogens with one attached hydrogen (secondary N) is 1. The van der Waals surface area contributed by atoms with Crippen LogP contribution in [-0.4, -0.2) is 19.6 Å². The first-order chi connectivity index (χ1) is 10.8. The lowest BCUT2D eigenvalue weighted by atomic mass is 10.1. The maximum absolute atomic E-state index is 11.0. The molecule has 0 atom stereocenters. The molecule has 2 aromatic carbocycles. The molecule has 0 aromatic heterocycles. The fraction of sp³-hybridized carbons (Fsp3) is 0.278. The first kappa shape index (κ1) is 14.4. The van der Waals surface area contributed by atoms with Gasteiger partial charge in [-0.2, -0.15) is 0 Å². The molecule has 0 saturated heterocycles. The minimum absolute atomic E-state index is 0.164. The zero-order valence-corrected chi connectivity index (χ0v) is 12.8. The van der Waals surface area contributed by atoms with Crippen molar-refractivity contribution in [1.82, 2.24) is 5.32 Å². The summed E-state index contributed by atoms with van der Waals surface area (Å²) in [7, 11) is 0. The number of fused-ring (bicyclic) bond motifs is 3. The predicted octanol–water partition coefficient (Wildman–Crippen LogP) is 3.30. The molecule has 1 N–H and O–H groups in total. The lowest BCUT2D eigenvalue weighted by Gasteiger charge is -2.14. The minimum Gasteiger partial charge on any atom is -0.494 e. The summed E-state index contributed by atoms with van der Waals surface area (Å²) in [5.41, 5.74) is 4.37. The van der Waals surface area contributed by atoms with Crippen molar-refractivity contribution in [3.05, 3.63) is 47.5 Å². The zero-order valence-electron chi connectivity index (χ0n) is 12.8. The van der Waals surface area contributed by atoms with Gasteiger partial charge in [-0.3, -0.25) is 4.79 Å². The number of carbonyl (C=O) groups is 1. The number of hydrogen-bond acceptors (Lipinski definition) is 3. The van der Waals surface area contributed by atoms with Crippen LogP contribution in [0.4, 0.5) is 0 Å². The van der Waals surface area contributed by atoms with Gasteiger partial charge in [0.05, 0.1) is 19.3 Å². The molecule has 0 unspecified atom stereocenters. The normalized spacial score (nSPS) is 12.5. The van der Waals surface area contributed by atoms with E-state index in [2.05, 4.69) is 5.32 Å². The van der Waals surface area contributed by atoms with Crippen LogP contribution >= 0.6 is 0 Å². The van der Waals surface area contributed by atoms with E-state index in [1.807, 2.05) is 50.2 Å². The molecule has 22 heavy (non-hydrogen) atoms. The fourth-order valence-corrected chi connectivity index (χ4v) is 2.98. The highest BCUT2D eigenvalue weighted by molar-refractivity contribution is 5.81. The Hall–Kier alpha value is -2.49. The molecule has 2 aromatic rings. The number of rotatable bonds is 6. The van der Waals surface area contributed by atoms with E-state index in [-0.39, 0.29) is 6.04 Å². The molecule has 3 rings (SSSR count). The Kier molecular flexibility index (Phi) is 4.00. The molecule has 0 saturated carbocycles. The third kappa shape index (κ3) is 2.41. The first-order valence-corrected chi connectivity index (χ1v) is 7.52. The molecule has 0 spiro atoms. The predicted molar refractivity (Wildman–Crippen MR) is 85.3 cm³/mol. The Bertz CT molecular complexity index is 641. The van der Waals surface area contributed by atoms with Crippen LogP contribution in [0.25, 0.3) is 11.1 Å². The van der Waals surface area contributed by atoms with Gasteiger partial charge in [-0.15, -0.1) is 0 Å². The van der Waals surface area contributed by atoms with Crippen molar-refractivity contribution in [1.29, 1.82) is 0 Å². The quantitative estimate of drug-likeness (QED) is 0.832. The molecule has 1 amide bonds. The molecule has 0 bridgehead atoms. The van der Waals surface area contributed by atoms with E-state index in [0.29, 0.717) is 13.2 Å². The Morgan fingerprint density at radius 3 is 1.86 bits per heavy atom. The van der Waals surface area contributed by atoms with Crippen molar-refractivity contribution >= 4 is 6.41 Å². The van der Waals surface area contributed by atoms with Crippen LogP contribution in [0.15, 0.2) is 36.4 Å². The Morgan fingerprint density at radius 2 is 1.45 bits per heavy atom. The van der Waals surface area contributed by atoms with E-state index < -0.39 is 0 Å². The molecule has 1 aliphatic carbocycles. The molecule has 1 aliphatic rings. The molecule has 0 heterocycles. The van der Waals surface area contributed by atoms with E-state index in [4.69, 9.17) is 9.47 Å². The maximum atomic E-state index is 11.0. The summed E-state index contributed by atoms with van der Waals surface area (Å²) in [6, 6.07) is 11.9. The Labute approximate surface area is 130 Å². The van der Waals surface area contributed by atoms with Gasteiger partial charge < -0.3 is 14.8 Å². The van der Waals surface area contributed by atoms with E-state index in [1.54, 1.807) is 0 Å². The largest absolute Gasteiger partial charge is 0.494 e. The third-order valence-corrected chi connectivity index (χ3v) is 3.81. The molecular weight excluding hydrogens is 278 g/mol. The molecule has 0 aliphatic heterocycles. The number of benzene rings is 2. The summed E-state index contributed by atoms with van der Waals surface area (Å²) in [6.45, 7) is 5.15. The van der Waals surface area contributed by atoms with Gasteiger partial charge >= 0.3 is 0 Å². The van der Waals surface area contributed by atoms with Crippen LogP contribution in [0.1, 0.15) is 31.0 Å². The molecule has 4 heteroatoms. The topological polar surface area (TPSA) is 47.6 Å². The smallest absolute Gasteiger partial charge is 0.207 e. The lowest BCUT2D eigenvalue weighted by Crippen LogP contribution is -2.18. The van der Waals surface area contributed by atoms with E-state index >= 15 is 0 Å². The third-order valence-electron chi connectivity index (χ3n) is 3.81. The Balaban J connectivity index is 2.08. The van der Waals surface area contributed by atoms with Gasteiger partial charge in [-0.05, 0) is 60.4 Å². The highest BCUT2D eigenvalue weighted by Gasteiger charge is 2.29. The first-order valence-electron chi connectivity index (χ1n) is 7.52. The zero-order chi connectivity index (χ0) is 15.5. The van der Waals surface area contributed by atoms with Crippen LogP contribution in [0.2, 0.25) is 0 Å². The number of hydrogen-bond donors (Lipinski definition) is 1. The van der Waals surface area contributed by atoms with Crippen molar-refractivity contribution in [2.24, 2.45) is 0 Å². The summed E-state index contributed by atoms with van der Waals surface area (Å²) in [5, 5.41) is 2.90. The standard InChI is InChI=1S/C18H19NO3/c1-3-21-12-5-7-14-15-8-6-13(22-4-2)10-17(15)18(19-11-20)16(14)9-12/h5-11,18H,3-4H2,1-2H3,(H,19,20). The van der Waals surface area contributed by atoms with E-state index in [0.717, 1.165) is 40.2 Å². The van der Waals surface area contributed by atoms with Gasteiger partial charge in [0.15, 0.2) is 0 Å². The number of ether oxygens (including phenoxy) is 2. The molecule has 0 radical (unpaired) electrons. The van der Waals surface area contributed by atoms with E-state index in [1.165, 1.54) is 0 Å². The summed E-state index contributed by atoms with van der Waals surface area (Å²) in [5.74, 6) is 1.63. The van der Waals surface area contributed by atoms with Crippen LogP contribution in [-0.2, 0) is 4.79 Å². The van der Waals surface area contributed by atoms with Gasteiger partial charge in [-0.1, -0.05) is 12.1 Å². The van der Waals surface area contributed by atoms with Crippen molar-refractivity contribution < 1.29 is 14.3 Å². The molecule has 114 valence electrons. The monoisotopic (exact) mass is 297 g/mol. The summed E-state index contributed by atoms with van der Waals surface area (Å²) >= 11 is 0.